The molecule has 0 saturated carbocycles. The van der Waals surface area contributed by atoms with Crippen LogP contribution in [0.4, 0.5) is 0 Å². The van der Waals surface area contributed by atoms with Crippen LogP contribution in [0.2, 0.25) is 0 Å². The lowest BCUT2D eigenvalue weighted by Crippen LogP contribution is -2.30. The van der Waals surface area contributed by atoms with Crippen LogP contribution in [0.1, 0.15) is 109 Å². The Balaban J connectivity index is 1.97. The molecule has 0 aromatic heterocycles. The summed E-state index contributed by atoms with van der Waals surface area (Å²) in [4.78, 5) is 13.4. The highest BCUT2D eigenvalue weighted by Gasteiger charge is 2.38. The molecule has 4 N–H and O–H groups in total. The lowest BCUT2D eigenvalue weighted by Gasteiger charge is -2.37. The minimum Gasteiger partial charge on any atom is -0.507 e. The normalized spacial score (nSPS) is 12.0. The molecule has 0 heterocycles. The quantitative estimate of drug-likeness (QED) is 0.103. The average Bonchev–Trinajstić information content (AvgIpc) is 3.05. The Labute approximate surface area is 290 Å². The summed E-state index contributed by atoms with van der Waals surface area (Å²) < 4.78 is 0. The average molecular weight is 657 g/mol. The number of phenolic OH excluding ortho intramolecular Hbond substituents is 4. The summed E-state index contributed by atoms with van der Waals surface area (Å²) in [5.41, 5.74) is 10.3. The fourth-order valence-corrected chi connectivity index (χ4v) is 7.39. The molecule has 5 heteroatoms. The van der Waals surface area contributed by atoms with Crippen molar-refractivity contribution in [3.63, 3.8) is 0 Å². The van der Waals surface area contributed by atoms with Crippen LogP contribution in [0.3, 0.4) is 0 Å². The minimum absolute atomic E-state index is 0.0833. The fraction of sp³-hybridized carbons (Fsp3) is 0.295. The molecule has 5 rings (SSSR count). The maximum atomic E-state index is 13.4. The Morgan fingerprint density at radius 3 is 0.755 bits per heavy atom. The first-order chi connectivity index (χ1) is 22.8. The van der Waals surface area contributed by atoms with Crippen molar-refractivity contribution in [2.24, 2.45) is 0 Å². The molecule has 0 fully saturated rings. The van der Waals surface area contributed by atoms with Crippen molar-refractivity contribution in [3.05, 3.63) is 150 Å². The van der Waals surface area contributed by atoms with E-state index in [0.717, 1.165) is 77.9 Å². The summed E-state index contributed by atoms with van der Waals surface area (Å²) >= 11 is 0. The van der Waals surface area contributed by atoms with Crippen LogP contribution in [0.25, 0.3) is 0 Å². The summed E-state index contributed by atoms with van der Waals surface area (Å²) in [6, 6.07) is 22.1. The van der Waals surface area contributed by atoms with Crippen molar-refractivity contribution in [2.75, 3.05) is 0 Å². The number of Topliss-reactive ketones (excluding diaryl/α,β-unsaturated/α-hetero) is 1. The largest absolute Gasteiger partial charge is 0.507 e. The van der Waals surface area contributed by atoms with Gasteiger partial charge < -0.3 is 20.4 Å². The summed E-state index contributed by atoms with van der Waals surface area (Å²) in [5.74, 6) is 0.884. The van der Waals surface area contributed by atoms with Gasteiger partial charge in [0.25, 0.3) is 0 Å². The van der Waals surface area contributed by atoms with Crippen molar-refractivity contribution < 1.29 is 25.2 Å². The van der Waals surface area contributed by atoms with E-state index in [1.807, 2.05) is 116 Å². The van der Waals surface area contributed by atoms with E-state index in [9.17, 15) is 25.2 Å². The molecule has 5 aromatic carbocycles. The third-order valence-corrected chi connectivity index (χ3v) is 10.8. The third-order valence-electron chi connectivity index (χ3n) is 10.8. The zero-order valence-corrected chi connectivity index (χ0v) is 30.5. The van der Waals surface area contributed by atoms with Gasteiger partial charge in [0.1, 0.15) is 23.0 Å². The number of hydrogen-bond acceptors (Lipinski definition) is 5. The lowest BCUT2D eigenvalue weighted by molar-refractivity contribution is 0.101. The third kappa shape index (κ3) is 5.86. The Morgan fingerprint density at radius 1 is 0.388 bits per heavy atom. The highest BCUT2D eigenvalue weighted by atomic mass is 16.3. The zero-order chi connectivity index (χ0) is 36.3. The molecule has 0 aliphatic heterocycles. The first-order valence-electron chi connectivity index (χ1n) is 16.7. The number of aromatic hydroxyl groups is 4. The molecule has 0 atom stereocenters. The van der Waals surface area contributed by atoms with Gasteiger partial charge in [-0.05, 0) is 166 Å². The number of carbonyl (C=O) groups is 1. The number of rotatable bonds is 7. The van der Waals surface area contributed by atoms with Gasteiger partial charge in [0.2, 0.25) is 0 Å². The van der Waals surface area contributed by atoms with Gasteiger partial charge in [-0.1, -0.05) is 54.6 Å². The van der Waals surface area contributed by atoms with Crippen molar-refractivity contribution in [2.45, 2.75) is 87.0 Å². The van der Waals surface area contributed by atoms with Crippen LogP contribution in [-0.4, -0.2) is 26.2 Å². The van der Waals surface area contributed by atoms with Gasteiger partial charge in [-0.15, -0.1) is 0 Å². The van der Waals surface area contributed by atoms with E-state index < -0.39 is 10.8 Å². The number of phenols is 4. The van der Waals surface area contributed by atoms with Gasteiger partial charge in [0.15, 0.2) is 5.78 Å². The molecule has 0 unspecified atom stereocenters. The zero-order valence-electron chi connectivity index (χ0n) is 30.5. The number of carbonyl (C=O) groups excluding carboxylic acids is 1. The van der Waals surface area contributed by atoms with Gasteiger partial charge in [0.05, 0.1) is 0 Å². The van der Waals surface area contributed by atoms with Crippen LogP contribution in [-0.2, 0) is 10.8 Å². The van der Waals surface area contributed by atoms with Gasteiger partial charge >= 0.3 is 0 Å². The molecule has 0 spiro atoms. The molecule has 0 amide bonds. The summed E-state index contributed by atoms with van der Waals surface area (Å²) in [5, 5.41) is 43.2. The van der Waals surface area contributed by atoms with E-state index in [0.29, 0.717) is 5.56 Å². The van der Waals surface area contributed by atoms with Crippen LogP contribution < -0.4 is 0 Å². The van der Waals surface area contributed by atoms with Crippen LogP contribution in [0.15, 0.2) is 66.7 Å². The first-order valence-corrected chi connectivity index (χ1v) is 16.7. The maximum absolute atomic E-state index is 13.4. The summed E-state index contributed by atoms with van der Waals surface area (Å²) in [6.45, 7) is 20.9. The van der Waals surface area contributed by atoms with E-state index >= 15 is 0 Å². The van der Waals surface area contributed by atoms with Crippen molar-refractivity contribution in [1.29, 1.82) is 0 Å². The highest BCUT2D eigenvalue weighted by Crippen LogP contribution is 2.48. The van der Waals surface area contributed by atoms with Crippen LogP contribution in [0.5, 0.6) is 23.0 Å². The second-order valence-corrected chi connectivity index (χ2v) is 14.4. The maximum Gasteiger partial charge on any atom is 0.159 e. The SMILES string of the molecule is CC(=O)c1cc(C(C)(c2cc(C)c(O)c(C)c2)c2cc(C)c(O)c(C)c2)cc(C(C)(c2cc(C)c(O)c(C)c2)c2cc(C)c(O)c(C)c2)c1. The van der Waals surface area contributed by atoms with E-state index in [4.69, 9.17) is 0 Å². The van der Waals surface area contributed by atoms with E-state index in [-0.39, 0.29) is 28.8 Å². The second kappa shape index (κ2) is 12.5. The monoisotopic (exact) mass is 656 g/mol. The molecule has 49 heavy (non-hydrogen) atoms. The van der Waals surface area contributed by atoms with E-state index in [1.165, 1.54) is 0 Å². The molecule has 5 nitrogen and oxygen atoms in total. The summed E-state index contributed by atoms with van der Waals surface area (Å²) in [6.07, 6.45) is 0. The molecule has 254 valence electrons. The Hall–Kier alpha value is -5.03. The molecule has 0 aliphatic carbocycles. The summed E-state index contributed by atoms with van der Waals surface area (Å²) in [7, 11) is 0. The van der Waals surface area contributed by atoms with Crippen LogP contribution in [0, 0.1) is 55.4 Å². The molecule has 0 radical (unpaired) electrons. The molecule has 0 saturated heterocycles. The predicted molar refractivity (Wildman–Crippen MR) is 198 cm³/mol. The molecule has 0 bridgehead atoms. The highest BCUT2D eigenvalue weighted by molar-refractivity contribution is 5.95. The molecular formula is C44H48O5. The Morgan fingerprint density at radius 2 is 0.571 bits per heavy atom. The van der Waals surface area contributed by atoms with Crippen LogP contribution >= 0.6 is 0 Å². The van der Waals surface area contributed by atoms with Crippen molar-refractivity contribution in [1.82, 2.24) is 0 Å². The Bertz CT molecular complexity index is 1800. The van der Waals surface area contributed by atoms with Crippen molar-refractivity contribution in [3.8, 4) is 23.0 Å². The molecule has 0 aliphatic rings. The number of benzene rings is 5. The lowest BCUT2D eigenvalue weighted by atomic mass is 9.65. The standard InChI is InChI=1S/C44H48O5/c1-23-12-33(13-24(2)39(23)46)43(10,34-14-25(3)40(47)26(4)15-34)37-20-32(31(9)45)21-38(22-37)44(11,35-16-27(5)41(48)28(6)17-35)36-18-29(7)42(49)30(8)19-36/h12-22,46-49H,1-11H3. The number of aryl methyl sites for hydroxylation is 8. The van der Waals surface area contributed by atoms with E-state index in [1.54, 1.807) is 6.92 Å². The second-order valence-electron chi connectivity index (χ2n) is 14.4. The topological polar surface area (TPSA) is 98.0 Å². The van der Waals surface area contributed by atoms with E-state index in [2.05, 4.69) is 19.9 Å². The van der Waals surface area contributed by atoms with Gasteiger partial charge in [-0.2, -0.15) is 0 Å². The number of hydrogen-bond donors (Lipinski definition) is 4. The van der Waals surface area contributed by atoms with Gasteiger partial charge in [-0.25, -0.2) is 0 Å². The van der Waals surface area contributed by atoms with Gasteiger partial charge in [0, 0.05) is 16.4 Å². The Kier molecular flexibility index (Phi) is 8.96. The molecular weight excluding hydrogens is 608 g/mol. The molecule has 5 aromatic rings. The van der Waals surface area contributed by atoms with Crippen molar-refractivity contribution >= 4 is 5.78 Å². The minimum atomic E-state index is -0.824. The fourth-order valence-electron chi connectivity index (χ4n) is 7.39. The first kappa shape index (κ1) is 35.3. The predicted octanol–water partition coefficient (Wildman–Crippen LogP) is 9.89. The smallest absolute Gasteiger partial charge is 0.159 e. The number of ketones is 1. The van der Waals surface area contributed by atoms with Gasteiger partial charge in [-0.3, -0.25) is 4.79 Å².